The molecule has 0 amide bonds. The van der Waals surface area contributed by atoms with E-state index in [2.05, 4.69) is 4.98 Å². The Bertz CT molecular complexity index is 762. The molecule has 0 bridgehead atoms. The number of aromatic nitrogens is 2. The maximum atomic E-state index is 12.6. The number of aliphatic hydroxyl groups excluding tert-OH is 1. The molecule has 0 saturated carbocycles. The first kappa shape index (κ1) is 15.2. The highest BCUT2D eigenvalue weighted by Crippen LogP contribution is 2.17. The first-order valence-electron chi connectivity index (χ1n) is 6.54. The summed E-state index contributed by atoms with van der Waals surface area (Å²) in [4.78, 5) is 28.6. The van der Waals surface area contributed by atoms with Gasteiger partial charge in [-0.05, 0) is 32.9 Å². The number of hydrogen-bond donors (Lipinski definition) is 1. The van der Waals surface area contributed by atoms with Gasteiger partial charge in [0.15, 0.2) is 0 Å². The van der Waals surface area contributed by atoms with E-state index in [0.29, 0.717) is 16.6 Å². The number of pyridine rings is 2. The molecule has 0 aliphatic heterocycles. The third-order valence-corrected chi connectivity index (χ3v) is 3.52. The fraction of sp³-hybridized carbons (Fsp3) is 0.400. The van der Waals surface area contributed by atoms with Crippen LogP contribution in [0, 0.1) is 6.92 Å². The zero-order chi connectivity index (χ0) is 15.8. The number of methoxy groups -OCH3 is 1. The van der Waals surface area contributed by atoms with Crippen molar-refractivity contribution >= 4 is 16.9 Å². The topological polar surface area (TPSA) is 81.4 Å². The number of aryl methyl sites for hydroxylation is 1. The lowest BCUT2D eigenvalue weighted by Gasteiger charge is -2.25. The predicted molar refractivity (Wildman–Crippen MR) is 78.5 cm³/mol. The van der Waals surface area contributed by atoms with Crippen LogP contribution in [0.4, 0.5) is 0 Å². The summed E-state index contributed by atoms with van der Waals surface area (Å²) in [6.45, 7) is 5.02. The fourth-order valence-corrected chi connectivity index (χ4v) is 2.13. The monoisotopic (exact) mass is 290 g/mol. The standard InChI is InChI=1S/C15H18N2O4/c1-9-10(14(20)21-4)7-11-12(16-9)5-6-17(13(11)19)15(2,3)8-18/h5-7,18H,8H2,1-4H3. The minimum atomic E-state index is -0.735. The summed E-state index contributed by atoms with van der Waals surface area (Å²) in [6, 6.07) is 3.19. The van der Waals surface area contributed by atoms with Crippen molar-refractivity contribution in [1.82, 2.24) is 9.55 Å². The third kappa shape index (κ3) is 2.54. The van der Waals surface area contributed by atoms with Crippen molar-refractivity contribution in [3.05, 3.63) is 39.9 Å². The van der Waals surface area contributed by atoms with E-state index >= 15 is 0 Å². The number of carbonyl (C=O) groups is 1. The van der Waals surface area contributed by atoms with Gasteiger partial charge < -0.3 is 14.4 Å². The summed E-state index contributed by atoms with van der Waals surface area (Å²) >= 11 is 0. The van der Waals surface area contributed by atoms with Crippen LogP contribution in [0.1, 0.15) is 29.9 Å². The van der Waals surface area contributed by atoms with Crippen LogP contribution < -0.4 is 5.56 Å². The molecule has 0 spiro atoms. The summed E-state index contributed by atoms with van der Waals surface area (Å²) < 4.78 is 6.13. The Morgan fingerprint density at radius 1 is 1.48 bits per heavy atom. The van der Waals surface area contributed by atoms with Gasteiger partial charge in [-0.15, -0.1) is 0 Å². The third-order valence-electron chi connectivity index (χ3n) is 3.52. The number of rotatable bonds is 3. The number of aliphatic hydroxyl groups is 1. The molecule has 0 aromatic carbocycles. The number of ether oxygens (including phenoxy) is 1. The van der Waals surface area contributed by atoms with Gasteiger partial charge in [-0.2, -0.15) is 0 Å². The van der Waals surface area contributed by atoms with Crippen LogP contribution in [0.2, 0.25) is 0 Å². The van der Waals surface area contributed by atoms with E-state index in [9.17, 15) is 14.7 Å². The Morgan fingerprint density at radius 3 is 2.71 bits per heavy atom. The molecule has 1 N–H and O–H groups in total. The Morgan fingerprint density at radius 2 is 2.14 bits per heavy atom. The van der Waals surface area contributed by atoms with Crippen LogP contribution in [-0.4, -0.2) is 34.3 Å². The van der Waals surface area contributed by atoms with Crippen molar-refractivity contribution in [3.63, 3.8) is 0 Å². The summed E-state index contributed by atoms with van der Waals surface area (Å²) in [5.41, 5.74) is 0.246. The molecule has 0 aliphatic rings. The molecule has 2 rings (SSSR count). The second-order valence-electron chi connectivity index (χ2n) is 5.51. The van der Waals surface area contributed by atoms with Gasteiger partial charge in [-0.3, -0.25) is 9.78 Å². The average Bonchev–Trinajstić information content (AvgIpc) is 2.46. The lowest BCUT2D eigenvalue weighted by molar-refractivity contribution is 0.0599. The maximum Gasteiger partial charge on any atom is 0.339 e. The normalized spacial score (nSPS) is 11.7. The number of nitrogens with zero attached hydrogens (tertiary/aromatic N) is 2. The van der Waals surface area contributed by atoms with Gasteiger partial charge in [0.2, 0.25) is 0 Å². The Kier molecular flexibility index (Phi) is 3.82. The molecule has 112 valence electrons. The van der Waals surface area contributed by atoms with Crippen molar-refractivity contribution in [3.8, 4) is 0 Å². The molecule has 0 aliphatic carbocycles. The molecular formula is C15H18N2O4. The van der Waals surface area contributed by atoms with Gasteiger partial charge in [0.1, 0.15) is 0 Å². The lowest BCUT2D eigenvalue weighted by atomic mass is 10.1. The summed E-state index contributed by atoms with van der Waals surface area (Å²) in [7, 11) is 1.28. The van der Waals surface area contributed by atoms with E-state index in [1.54, 1.807) is 33.0 Å². The molecule has 2 aromatic heterocycles. The highest BCUT2D eigenvalue weighted by atomic mass is 16.5. The summed E-state index contributed by atoms with van der Waals surface area (Å²) in [6.07, 6.45) is 1.60. The van der Waals surface area contributed by atoms with Crippen molar-refractivity contribution in [2.45, 2.75) is 26.3 Å². The molecule has 0 fully saturated rings. The Balaban J connectivity index is 2.78. The van der Waals surface area contributed by atoms with Gasteiger partial charge in [0.25, 0.3) is 5.56 Å². The van der Waals surface area contributed by atoms with Gasteiger partial charge in [0.05, 0.1) is 41.4 Å². The van der Waals surface area contributed by atoms with Gasteiger partial charge in [-0.25, -0.2) is 4.79 Å². The quantitative estimate of drug-likeness (QED) is 0.860. The van der Waals surface area contributed by atoms with Gasteiger partial charge in [-0.1, -0.05) is 0 Å². The van der Waals surface area contributed by atoms with E-state index in [0.717, 1.165) is 0 Å². The molecule has 2 aromatic rings. The molecule has 0 radical (unpaired) electrons. The van der Waals surface area contributed by atoms with Crippen LogP contribution in [0.5, 0.6) is 0 Å². The molecule has 6 nitrogen and oxygen atoms in total. The van der Waals surface area contributed by atoms with Crippen LogP contribution >= 0.6 is 0 Å². The molecule has 0 unspecified atom stereocenters. The first-order chi connectivity index (χ1) is 9.81. The van der Waals surface area contributed by atoms with Crippen molar-refractivity contribution in [2.75, 3.05) is 13.7 Å². The van der Waals surface area contributed by atoms with Gasteiger partial charge >= 0.3 is 5.97 Å². The summed E-state index contributed by atoms with van der Waals surface area (Å²) in [5, 5.41) is 9.74. The lowest BCUT2D eigenvalue weighted by Crippen LogP contribution is -2.38. The molecule has 2 heterocycles. The smallest absolute Gasteiger partial charge is 0.339 e. The largest absolute Gasteiger partial charge is 0.465 e. The molecule has 6 heteroatoms. The van der Waals surface area contributed by atoms with Crippen molar-refractivity contribution < 1.29 is 14.6 Å². The van der Waals surface area contributed by atoms with E-state index in [4.69, 9.17) is 4.74 Å². The van der Waals surface area contributed by atoms with Crippen LogP contribution in [-0.2, 0) is 10.3 Å². The van der Waals surface area contributed by atoms with E-state index in [1.807, 2.05) is 0 Å². The molecule has 0 atom stereocenters. The van der Waals surface area contributed by atoms with Crippen LogP contribution in [0.25, 0.3) is 10.9 Å². The van der Waals surface area contributed by atoms with Crippen molar-refractivity contribution in [1.29, 1.82) is 0 Å². The maximum absolute atomic E-state index is 12.6. The Hall–Kier alpha value is -2.21. The Labute approximate surface area is 122 Å². The summed E-state index contributed by atoms with van der Waals surface area (Å²) in [5.74, 6) is -0.530. The molecular weight excluding hydrogens is 272 g/mol. The zero-order valence-electron chi connectivity index (χ0n) is 12.5. The molecule has 21 heavy (non-hydrogen) atoms. The second kappa shape index (κ2) is 5.29. The minimum Gasteiger partial charge on any atom is -0.465 e. The van der Waals surface area contributed by atoms with Gasteiger partial charge in [0, 0.05) is 6.20 Å². The van der Waals surface area contributed by atoms with Crippen LogP contribution in [0.3, 0.4) is 0 Å². The zero-order valence-corrected chi connectivity index (χ0v) is 12.5. The highest BCUT2D eigenvalue weighted by molar-refractivity contribution is 5.94. The average molecular weight is 290 g/mol. The number of hydrogen-bond acceptors (Lipinski definition) is 5. The molecule has 0 saturated heterocycles. The van der Waals surface area contributed by atoms with E-state index < -0.39 is 11.5 Å². The first-order valence-corrected chi connectivity index (χ1v) is 6.54. The fourth-order valence-electron chi connectivity index (χ4n) is 2.13. The number of esters is 1. The number of carbonyl (C=O) groups excluding carboxylic acids is 1. The van der Waals surface area contributed by atoms with E-state index in [1.165, 1.54) is 17.7 Å². The number of fused-ring (bicyclic) bond motifs is 1. The SMILES string of the molecule is COC(=O)c1cc2c(=O)n(C(C)(C)CO)ccc2nc1C. The van der Waals surface area contributed by atoms with E-state index in [-0.39, 0.29) is 17.7 Å². The minimum absolute atomic E-state index is 0.179. The van der Waals surface area contributed by atoms with Crippen LogP contribution in [0.15, 0.2) is 23.1 Å². The van der Waals surface area contributed by atoms with Crippen molar-refractivity contribution in [2.24, 2.45) is 0 Å². The second-order valence-corrected chi connectivity index (χ2v) is 5.51. The highest BCUT2D eigenvalue weighted by Gasteiger charge is 2.22. The predicted octanol–water partition coefficient (Wildman–Crippen LogP) is 1.22.